The van der Waals surface area contributed by atoms with Crippen LogP contribution < -0.4 is 0 Å². The maximum Gasteiger partial charge on any atom is 0.246 e. The second kappa shape index (κ2) is 4.73. The van der Waals surface area contributed by atoms with Gasteiger partial charge in [0.05, 0.1) is 31.1 Å². The van der Waals surface area contributed by atoms with Crippen LogP contribution >= 0.6 is 11.6 Å². The summed E-state index contributed by atoms with van der Waals surface area (Å²) in [6, 6.07) is 0. The van der Waals surface area contributed by atoms with Crippen LogP contribution in [0.3, 0.4) is 0 Å². The fourth-order valence-corrected chi connectivity index (χ4v) is 3.59. The van der Waals surface area contributed by atoms with E-state index in [1.165, 1.54) is 16.7 Å². The lowest BCUT2D eigenvalue weighted by molar-refractivity contribution is -0.00772. The van der Waals surface area contributed by atoms with Gasteiger partial charge in [0.15, 0.2) is 0 Å². The monoisotopic (exact) mass is 291 g/mol. The fraction of sp³-hybridized carbons (Fsp3) is 0.600. The summed E-state index contributed by atoms with van der Waals surface area (Å²) in [7, 11) is -3.62. The molecule has 0 N–H and O–H groups in total. The van der Waals surface area contributed by atoms with E-state index in [0.717, 1.165) is 0 Å². The van der Waals surface area contributed by atoms with Crippen LogP contribution in [-0.4, -0.2) is 48.0 Å². The Morgan fingerprint density at radius 1 is 1.39 bits per heavy atom. The lowest BCUT2D eigenvalue weighted by Gasteiger charge is -2.40. The van der Waals surface area contributed by atoms with Gasteiger partial charge in [-0.25, -0.2) is 18.4 Å². The second-order valence-corrected chi connectivity index (χ2v) is 6.83. The molecule has 0 unspecified atom stereocenters. The Labute approximate surface area is 111 Å². The molecule has 0 radical (unpaired) electrons. The van der Waals surface area contributed by atoms with Gasteiger partial charge in [-0.05, 0) is 25.4 Å². The standard InChI is InChI=1S/C10H14ClN3O3S/c1-10(2)7-17-4-3-14(10)18(15,16)8-5-12-9(11)13-6-8/h5-6H,3-4,7H2,1-2H3. The molecule has 2 heterocycles. The number of hydrogen-bond acceptors (Lipinski definition) is 5. The SMILES string of the molecule is CC1(C)COCCN1S(=O)(=O)c1cnc(Cl)nc1. The first-order chi connectivity index (χ1) is 8.34. The van der Waals surface area contributed by atoms with Gasteiger partial charge in [-0.15, -0.1) is 0 Å². The number of sulfonamides is 1. The van der Waals surface area contributed by atoms with Crippen molar-refractivity contribution < 1.29 is 13.2 Å². The van der Waals surface area contributed by atoms with Crippen LogP contribution in [0.2, 0.25) is 5.28 Å². The maximum atomic E-state index is 12.5. The van der Waals surface area contributed by atoms with Crippen LogP contribution in [-0.2, 0) is 14.8 Å². The van der Waals surface area contributed by atoms with E-state index in [1.54, 1.807) is 0 Å². The molecule has 8 heteroatoms. The first-order valence-electron chi connectivity index (χ1n) is 5.42. The Balaban J connectivity index is 2.38. The number of ether oxygens (including phenoxy) is 1. The summed E-state index contributed by atoms with van der Waals surface area (Å²) < 4.78 is 31.6. The van der Waals surface area contributed by atoms with Crippen molar-refractivity contribution in [2.24, 2.45) is 0 Å². The minimum absolute atomic E-state index is 0.0233. The van der Waals surface area contributed by atoms with Gasteiger partial charge in [-0.3, -0.25) is 0 Å². The highest BCUT2D eigenvalue weighted by atomic mass is 35.5. The summed E-state index contributed by atoms with van der Waals surface area (Å²) in [5.74, 6) is 0. The van der Waals surface area contributed by atoms with E-state index in [4.69, 9.17) is 16.3 Å². The van der Waals surface area contributed by atoms with Gasteiger partial charge >= 0.3 is 0 Å². The number of halogens is 1. The Morgan fingerprint density at radius 2 is 2.00 bits per heavy atom. The average Bonchev–Trinajstić information content (AvgIpc) is 2.28. The number of morpholine rings is 1. The molecule has 6 nitrogen and oxygen atoms in total. The third-order valence-electron chi connectivity index (χ3n) is 2.75. The smallest absolute Gasteiger partial charge is 0.246 e. The van der Waals surface area contributed by atoms with Crippen molar-refractivity contribution in [3.05, 3.63) is 17.7 Å². The molecule has 1 aromatic heterocycles. The minimum atomic E-state index is -3.62. The van der Waals surface area contributed by atoms with Gasteiger partial charge in [-0.2, -0.15) is 4.31 Å². The van der Waals surface area contributed by atoms with E-state index in [2.05, 4.69) is 9.97 Å². The van der Waals surface area contributed by atoms with Gasteiger partial charge in [0.2, 0.25) is 15.3 Å². The van der Waals surface area contributed by atoms with Gasteiger partial charge in [-0.1, -0.05) is 0 Å². The van der Waals surface area contributed by atoms with E-state index in [1.807, 2.05) is 13.8 Å². The first kappa shape index (κ1) is 13.7. The van der Waals surface area contributed by atoms with Gasteiger partial charge in [0, 0.05) is 6.54 Å². The van der Waals surface area contributed by atoms with Crippen LogP contribution in [0.1, 0.15) is 13.8 Å². The average molecular weight is 292 g/mol. The zero-order chi connectivity index (χ0) is 13.4. The summed E-state index contributed by atoms with van der Waals surface area (Å²) in [5.41, 5.74) is -0.587. The zero-order valence-corrected chi connectivity index (χ0v) is 11.7. The predicted octanol–water partition coefficient (Wildman–Crippen LogP) is 0.930. The van der Waals surface area contributed by atoms with Crippen molar-refractivity contribution in [1.82, 2.24) is 14.3 Å². The molecule has 1 fully saturated rings. The highest BCUT2D eigenvalue weighted by Crippen LogP contribution is 2.26. The van der Waals surface area contributed by atoms with E-state index >= 15 is 0 Å². The van der Waals surface area contributed by atoms with Crippen molar-refractivity contribution in [1.29, 1.82) is 0 Å². The molecule has 0 aliphatic carbocycles. The summed E-state index contributed by atoms with van der Waals surface area (Å²) >= 11 is 5.55. The molecule has 0 amide bonds. The number of nitrogens with zero attached hydrogens (tertiary/aromatic N) is 3. The third-order valence-corrected chi connectivity index (χ3v) is 5.01. The largest absolute Gasteiger partial charge is 0.378 e. The molecule has 0 spiro atoms. The number of hydrogen-bond donors (Lipinski definition) is 0. The van der Waals surface area contributed by atoms with Crippen molar-refractivity contribution in [2.45, 2.75) is 24.3 Å². The minimum Gasteiger partial charge on any atom is -0.378 e. The molecule has 100 valence electrons. The molecular weight excluding hydrogens is 278 g/mol. The van der Waals surface area contributed by atoms with Crippen molar-refractivity contribution in [3.8, 4) is 0 Å². The summed E-state index contributed by atoms with van der Waals surface area (Å²) in [5, 5.41) is 0.0233. The Bertz CT molecular complexity index is 530. The molecule has 0 bridgehead atoms. The molecule has 0 aromatic carbocycles. The molecule has 0 saturated carbocycles. The van der Waals surface area contributed by atoms with Crippen LogP contribution in [0.15, 0.2) is 17.3 Å². The molecule has 1 aromatic rings. The van der Waals surface area contributed by atoms with Gasteiger partial charge < -0.3 is 4.74 Å². The second-order valence-electron chi connectivity index (χ2n) is 4.63. The van der Waals surface area contributed by atoms with Crippen molar-refractivity contribution in [3.63, 3.8) is 0 Å². The summed E-state index contributed by atoms with van der Waals surface area (Å²) in [4.78, 5) is 7.45. The Morgan fingerprint density at radius 3 is 2.56 bits per heavy atom. The highest BCUT2D eigenvalue weighted by Gasteiger charge is 2.40. The summed E-state index contributed by atoms with van der Waals surface area (Å²) in [6.07, 6.45) is 2.44. The lowest BCUT2D eigenvalue weighted by atomic mass is 10.1. The van der Waals surface area contributed by atoms with Gasteiger partial charge in [0.25, 0.3) is 0 Å². The molecule has 1 saturated heterocycles. The molecular formula is C10H14ClN3O3S. The number of aromatic nitrogens is 2. The predicted molar refractivity (Wildman–Crippen MR) is 65.8 cm³/mol. The van der Waals surface area contributed by atoms with E-state index in [0.29, 0.717) is 19.8 Å². The van der Waals surface area contributed by atoms with Crippen molar-refractivity contribution >= 4 is 21.6 Å². The Hall–Kier alpha value is -0.760. The van der Waals surface area contributed by atoms with Crippen LogP contribution in [0, 0.1) is 0 Å². The first-order valence-corrected chi connectivity index (χ1v) is 7.24. The fourth-order valence-electron chi connectivity index (χ4n) is 1.85. The van der Waals surface area contributed by atoms with E-state index in [9.17, 15) is 8.42 Å². The molecule has 1 aliphatic rings. The molecule has 1 aliphatic heterocycles. The third kappa shape index (κ3) is 2.49. The quantitative estimate of drug-likeness (QED) is 0.758. The Kier molecular flexibility index (Phi) is 3.59. The zero-order valence-electron chi connectivity index (χ0n) is 10.1. The van der Waals surface area contributed by atoms with Crippen molar-refractivity contribution in [2.75, 3.05) is 19.8 Å². The maximum absolute atomic E-state index is 12.5. The number of rotatable bonds is 2. The summed E-state index contributed by atoms with van der Waals surface area (Å²) in [6.45, 7) is 4.71. The lowest BCUT2D eigenvalue weighted by Crippen LogP contribution is -2.55. The normalized spacial score (nSPS) is 20.8. The molecule has 2 rings (SSSR count). The van der Waals surface area contributed by atoms with E-state index in [-0.39, 0.29) is 10.2 Å². The molecule has 0 atom stereocenters. The topological polar surface area (TPSA) is 72.4 Å². The molecule has 18 heavy (non-hydrogen) atoms. The van der Waals surface area contributed by atoms with Crippen LogP contribution in [0.5, 0.6) is 0 Å². The van der Waals surface area contributed by atoms with Gasteiger partial charge in [0.1, 0.15) is 4.90 Å². The van der Waals surface area contributed by atoms with E-state index < -0.39 is 15.6 Å². The van der Waals surface area contributed by atoms with Crippen LogP contribution in [0.4, 0.5) is 0 Å². The highest BCUT2D eigenvalue weighted by molar-refractivity contribution is 7.89. The van der Waals surface area contributed by atoms with Crippen LogP contribution in [0.25, 0.3) is 0 Å².